The summed E-state index contributed by atoms with van der Waals surface area (Å²) in [6, 6.07) is 23.5. The Labute approximate surface area is 329 Å². The number of carboxylic acid groups (broad SMARTS) is 1. The predicted molar refractivity (Wildman–Crippen MR) is 204 cm³/mol. The molecule has 13 nitrogen and oxygen atoms in total. The van der Waals surface area contributed by atoms with E-state index in [0.717, 1.165) is 12.1 Å². The standard InChI is InChI=1S/C20H14F3N5O.C14H11F3N4.C6H5NO2/c1-12-10-16-25-11-17(26-19(29)15-8-4-5-9-24-15)28(16)27-18(12)13-6-2-3-7-14(13)20(21,22)23;1-8-6-12-19-7-11(18)21(12)20-13(8)9-4-2-3-5-10(9)14(15,16)17;8-6(9)5-3-1-2-4-7-5/h2-11H,1H3,(H,26,29);2-7H,18H2,1H3;1-4H,(H,8,9). The summed E-state index contributed by atoms with van der Waals surface area (Å²) < 4.78 is 82.4. The van der Waals surface area contributed by atoms with Gasteiger partial charge in [-0.2, -0.15) is 45.6 Å². The van der Waals surface area contributed by atoms with Crippen LogP contribution in [0.5, 0.6) is 0 Å². The Morgan fingerprint density at radius 2 is 1.08 bits per heavy atom. The lowest BCUT2D eigenvalue weighted by atomic mass is 10.0. The number of nitrogens with zero attached hydrogens (tertiary/aromatic N) is 8. The van der Waals surface area contributed by atoms with Crippen molar-refractivity contribution in [2.75, 3.05) is 11.1 Å². The number of carbonyl (C=O) groups excluding carboxylic acids is 1. The number of aryl methyl sites for hydroxylation is 2. The van der Waals surface area contributed by atoms with E-state index in [-0.39, 0.29) is 45.5 Å². The minimum Gasteiger partial charge on any atom is -0.477 e. The minimum atomic E-state index is -4.52. The van der Waals surface area contributed by atoms with Crippen LogP contribution < -0.4 is 11.1 Å². The first-order valence-corrected chi connectivity index (χ1v) is 17.2. The van der Waals surface area contributed by atoms with Crippen molar-refractivity contribution in [1.82, 2.24) is 39.2 Å². The summed E-state index contributed by atoms with van der Waals surface area (Å²) in [5, 5.41) is 19.5. The van der Waals surface area contributed by atoms with Gasteiger partial charge in [-0.1, -0.05) is 48.5 Å². The number of carbonyl (C=O) groups is 2. The monoisotopic (exact) mass is 812 g/mol. The number of benzene rings is 2. The van der Waals surface area contributed by atoms with Gasteiger partial charge < -0.3 is 16.2 Å². The largest absolute Gasteiger partial charge is 0.477 e. The Bertz CT molecular complexity index is 2770. The molecule has 0 unspecified atom stereocenters. The number of nitrogen functional groups attached to an aromatic ring is 1. The van der Waals surface area contributed by atoms with Crippen molar-refractivity contribution in [3.63, 3.8) is 0 Å². The number of aromatic nitrogens is 8. The number of alkyl halides is 6. The zero-order valence-electron chi connectivity index (χ0n) is 30.7. The van der Waals surface area contributed by atoms with Gasteiger partial charge in [0.1, 0.15) is 17.2 Å². The second-order valence-corrected chi connectivity index (χ2v) is 12.5. The summed E-state index contributed by atoms with van der Waals surface area (Å²) in [6.45, 7) is 3.36. The molecule has 6 heterocycles. The summed E-state index contributed by atoms with van der Waals surface area (Å²) in [7, 11) is 0. The average Bonchev–Trinajstić information content (AvgIpc) is 3.78. The number of nitrogens with one attached hydrogen (secondary N) is 1. The van der Waals surface area contributed by atoms with Crippen molar-refractivity contribution in [2.24, 2.45) is 0 Å². The number of carboxylic acids is 1. The van der Waals surface area contributed by atoms with Crippen LogP contribution in [0.3, 0.4) is 0 Å². The molecule has 0 radical (unpaired) electrons. The van der Waals surface area contributed by atoms with Gasteiger partial charge in [0.25, 0.3) is 5.91 Å². The molecule has 0 atom stereocenters. The summed E-state index contributed by atoms with van der Waals surface area (Å²) in [5.74, 6) is -0.972. The lowest BCUT2D eigenvalue weighted by molar-refractivity contribution is -0.137. The number of fused-ring (bicyclic) bond motifs is 2. The normalized spacial score (nSPS) is 11.3. The van der Waals surface area contributed by atoms with Crippen LogP contribution in [0.2, 0.25) is 0 Å². The molecule has 0 bridgehead atoms. The third-order valence-corrected chi connectivity index (χ3v) is 8.39. The molecule has 0 aliphatic rings. The van der Waals surface area contributed by atoms with Crippen molar-refractivity contribution in [1.29, 1.82) is 0 Å². The van der Waals surface area contributed by atoms with Crippen LogP contribution in [0.1, 0.15) is 43.2 Å². The fraction of sp³-hybridized carbons (Fsp3) is 0.100. The van der Waals surface area contributed by atoms with Crippen molar-refractivity contribution in [3.8, 4) is 22.5 Å². The second-order valence-electron chi connectivity index (χ2n) is 12.5. The number of halogens is 6. The van der Waals surface area contributed by atoms with Gasteiger partial charge in [-0.15, -0.1) is 0 Å². The van der Waals surface area contributed by atoms with Crippen molar-refractivity contribution in [3.05, 3.63) is 155 Å². The Morgan fingerprint density at radius 3 is 1.56 bits per heavy atom. The van der Waals surface area contributed by atoms with Crippen molar-refractivity contribution >= 4 is 34.8 Å². The van der Waals surface area contributed by atoms with E-state index in [9.17, 15) is 35.9 Å². The number of nitrogens with two attached hydrogens (primary N) is 1. The fourth-order valence-corrected chi connectivity index (χ4v) is 5.68. The number of imidazole rings is 2. The number of hydrogen-bond donors (Lipinski definition) is 3. The predicted octanol–water partition coefficient (Wildman–Crippen LogP) is 8.46. The Morgan fingerprint density at radius 1 is 0.627 bits per heavy atom. The SMILES string of the molecule is Cc1cc2ncc(N)n2nc1-c1ccccc1C(F)(F)F.Cc1cc2ncc(NC(=O)c3ccccn3)n2nc1-c1ccccc1C(F)(F)F.O=C(O)c1ccccn1. The van der Waals surface area contributed by atoms with E-state index in [2.05, 4.69) is 35.5 Å². The van der Waals surface area contributed by atoms with E-state index in [1.165, 1.54) is 70.2 Å². The first kappa shape index (κ1) is 40.9. The number of amides is 1. The molecule has 0 aliphatic heterocycles. The topological polar surface area (TPSA) is 179 Å². The molecule has 1 amide bonds. The summed E-state index contributed by atoms with van der Waals surface area (Å²) in [5.41, 5.74) is 6.87. The van der Waals surface area contributed by atoms with E-state index >= 15 is 0 Å². The van der Waals surface area contributed by atoms with Crippen LogP contribution in [-0.2, 0) is 12.4 Å². The van der Waals surface area contributed by atoms with E-state index in [1.807, 2.05) is 0 Å². The van der Waals surface area contributed by atoms with Gasteiger partial charge in [-0.05, 0) is 73.5 Å². The summed E-state index contributed by atoms with van der Waals surface area (Å²) in [4.78, 5) is 38.3. The molecule has 0 saturated carbocycles. The molecule has 8 rings (SSSR count). The zero-order valence-corrected chi connectivity index (χ0v) is 30.7. The van der Waals surface area contributed by atoms with Gasteiger partial charge in [0.05, 0.1) is 34.9 Å². The number of hydrogen-bond acceptors (Lipinski definition) is 9. The zero-order chi connectivity index (χ0) is 42.5. The average molecular weight is 813 g/mol. The van der Waals surface area contributed by atoms with Crippen LogP contribution in [0.15, 0.2) is 122 Å². The maximum atomic E-state index is 13.4. The molecule has 300 valence electrons. The molecule has 0 saturated heterocycles. The second kappa shape index (κ2) is 16.8. The van der Waals surface area contributed by atoms with Crippen LogP contribution in [0, 0.1) is 13.8 Å². The van der Waals surface area contributed by atoms with E-state index in [0.29, 0.717) is 22.4 Å². The lowest BCUT2D eigenvalue weighted by Crippen LogP contribution is -2.15. The van der Waals surface area contributed by atoms with E-state index in [4.69, 9.17) is 10.8 Å². The number of anilines is 2. The molecular formula is C40H30F6N10O3. The quantitative estimate of drug-likeness (QED) is 0.143. The van der Waals surface area contributed by atoms with E-state index in [1.54, 1.807) is 62.4 Å². The molecule has 59 heavy (non-hydrogen) atoms. The van der Waals surface area contributed by atoms with Crippen molar-refractivity contribution < 1.29 is 41.0 Å². The maximum Gasteiger partial charge on any atom is 0.417 e. The highest BCUT2D eigenvalue weighted by atomic mass is 19.4. The molecule has 0 aliphatic carbocycles. The minimum absolute atomic E-state index is 0.0255. The molecule has 0 spiro atoms. The van der Waals surface area contributed by atoms with Gasteiger partial charge in [0.15, 0.2) is 17.1 Å². The van der Waals surface area contributed by atoms with Gasteiger partial charge in [0.2, 0.25) is 0 Å². The highest BCUT2D eigenvalue weighted by molar-refractivity contribution is 6.02. The molecule has 4 N–H and O–H groups in total. The van der Waals surface area contributed by atoms with Crippen LogP contribution in [0.4, 0.5) is 38.0 Å². The number of aromatic carboxylic acids is 1. The molecule has 2 aromatic carbocycles. The van der Waals surface area contributed by atoms with Crippen LogP contribution >= 0.6 is 0 Å². The molecule has 0 fully saturated rings. The maximum absolute atomic E-state index is 13.4. The highest BCUT2D eigenvalue weighted by Crippen LogP contribution is 2.38. The number of pyridine rings is 2. The fourth-order valence-electron chi connectivity index (χ4n) is 5.68. The van der Waals surface area contributed by atoms with Crippen LogP contribution in [-0.4, -0.2) is 56.1 Å². The van der Waals surface area contributed by atoms with Gasteiger partial charge in [0, 0.05) is 23.5 Å². The van der Waals surface area contributed by atoms with E-state index < -0.39 is 35.4 Å². The third-order valence-electron chi connectivity index (χ3n) is 8.39. The smallest absolute Gasteiger partial charge is 0.417 e. The summed E-state index contributed by atoms with van der Waals surface area (Å²) in [6.07, 6.45) is -3.23. The highest BCUT2D eigenvalue weighted by Gasteiger charge is 2.35. The van der Waals surface area contributed by atoms with Gasteiger partial charge in [-0.25, -0.2) is 19.7 Å². The molecular weight excluding hydrogens is 782 g/mol. The molecule has 8 aromatic rings. The lowest BCUT2D eigenvalue weighted by Gasteiger charge is -2.14. The number of rotatable bonds is 5. The van der Waals surface area contributed by atoms with Crippen molar-refractivity contribution in [2.45, 2.75) is 26.2 Å². The molecule has 6 aromatic heterocycles. The first-order chi connectivity index (χ1) is 28.0. The third kappa shape index (κ3) is 9.30. The Kier molecular flexibility index (Phi) is 11.7. The van der Waals surface area contributed by atoms with Crippen LogP contribution in [0.25, 0.3) is 33.8 Å². The Hall–Kier alpha value is -7.70. The Balaban J connectivity index is 0.000000169. The van der Waals surface area contributed by atoms with Gasteiger partial charge in [-0.3, -0.25) is 9.78 Å². The summed E-state index contributed by atoms with van der Waals surface area (Å²) >= 11 is 0. The molecule has 19 heteroatoms. The van der Waals surface area contributed by atoms with Gasteiger partial charge >= 0.3 is 18.3 Å². The first-order valence-electron chi connectivity index (χ1n) is 17.2.